The van der Waals surface area contributed by atoms with Crippen molar-refractivity contribution in [2.75, 3.05) is 0 Å². The monoisotopic (exact) mass is 297 g/mol. The molecule has 2 rings (SSSR count). The van der Waals surface area contributed by atoms with Crippen molar-refractivity contribution in [2.24, 2.45) is 5.92 Å². The molecule has 108 valence electrons. The van der Waals surface area contributed by atoms with Gasteiger partial charge in [0.05, 0.1) is 0 Å². The first-order chi connectivity index (χ1) is 9.49. The van der Waals surface area contributed by atoms with E-state index in [2.05, 4.69) is 19.2 Å². The summed E-state index contributed by atoms with van der Waals surface area (Å²) in [4.78, 5) is 1.19. The van der Waals surface area contributed by atoms with Gasteiger partial charge in [0.15, 0.2) is 17.4 Å². The number of phenolic OH excluding ortho intramolecular Hbond substituents is 1. The molecule has 1 aromatic heterocycles. The lowest BCUT2D eigenvalue weighted by Crippen LogP contribution is -2.24. The second-order valence-electron chi connectivity index (χ2n) is 5.03. The lowest BCUT2D eigenvalue weighted by atomic mass is 10.0. The first-order valence-corrected chi connectivity index (χ1v) is 7.30. The number of aromatic hydroxyl groups is 1. The molecule has 0 bridgehead atoms. The average molecular weight is 297 g/mol. The number of benzene rings is 1. The fourth-order valence-corrected chi connectivity index (χ4v) is 3.05. The predicted molar refractivity (Wildman–Crippen MR) is 76.8 cm³/mol. The number of phenols is 1. The summed E-state index contributed by atoms with van der Waals surface area (Å²) in [7, 11) is 0. The van der Waals surface area contributed by atoms with Gasteiger partial charge in [-0.3, -0.25) is 0 Å². The minimum absolute atomic E-state index is 0.134. The number of thiophene rings is 1. The van der Waals surface area contributed by atoms with E-state index in [0.29, 0.717) is 18.0 Å². The van der Waals surface area contributed by atoms with E-state index in [1.54, 1.807) is 11.3 Å². The molecule has 0 aliphatic carbocycles. The third-order valence-corrected chi connectivity index (χ3v) is 4.07. The largest absolute Gasteiger partial charge is 0.503 e. The summed E-state index contributed by atoms with van der Waals surface area (Å²) in [6, 6.07) is 6.46. The van der Waals surface area contributed by atoms with Crippen LogP contribution in [0.5, 0.6) is 5.75 Å². The van der Waals surface area contributed by atoms with Crippen LogP contribution in [0.1, 0.15) is 30.3 Å². The fraction of sp³-hybridized carbons (Fsp3) is 0.333. The van der Waals surface area contributed by atoms with Crippen molar-refractivity contribution >= 4 is 11.3 Å². The normalized spacial score (nSPS) is 12.8. The zero-order valence-corrected chi connectivity index (χ0v) is 12.2. The maximum absolute atomic E-state index is 13.3. The summed E-state index contributed by atoms with van der Waals surface area (Å²) >= 11 is 1.65. The van der Waals surface area contributed by atoms with Gasteiger partial charge in [-0.25, -0.2) is 8.78 Å². The summed E-state index contributed by atoms with van der Waals surface area (Å²) in [6.45, 7) is 4.53. The van der Waals surface area contributed by atoms with E-state index >= 15 is 0 Å². The van der Waals surface area contributed by atoms with Gasteiger partial charge in [0.2, 0.25) is 0 Å². The molecule has 1 atom stereocenters. The van der Waals surface area contributed by atoms with Crippen LogP contribution in [0.2, 0.25) is 0 Å². The molecule has 20 heavy (non-hydrogen) atoms. The van der Waals surface area contributed by atoms with Gasteiger partial charge >= 0.3 is 0 Å². The number of hydrogen-bond donors (Lipinski definition) is 2. The van der Waals surface area contributed by atoms with Crippen LogP contribution >= 0.6 is 11.3 Å². The van der Waals surface area contributed by atoms with Gasteiger partial charge in [-0.1, -0.05) is 19.9 Å². The third-order valence-electron chi connectivity index (χ3n) is 3.12. The average Bonchev–Trinajstić information content (AvgIpc) is 2.89. The maximum atomic E-state index is 13.3. The Balaban J connectivity index is 2.10. The van der Waals surface area contributed by atoms with E-state index in [1.165, 1.54) is 4.88 Å². The smallest absolute Gasteiger partial charge is 0.187 e. The van der Waals surface area contributed by atoms with Crippen LogP contribution in [0.3, 0.4) is 0 Å². The fourth-order valence-electron chi connectivity index (χ4n) is 2.08. The molecule has 1 heterocycles. The highest BCUT2D eigenvalue weighted by Gasteiger charge is 2.17. The van der Waals surface area contributed by atoms with Gasteiger partial charge in [0, 0.05) is 17.5 Å². The van der Waals surface area contributed by atoms with Crippen LogP contribution in [-0.4, -0.2) is 5.11 Å². The summed E-state index contributed by atoms with van der Waals surface area (Å²) < 4.78 is 26.6. The van der Waals surface area contributed by atoms with Gasteiger partial charge in [-0.15, -0.1) is 11.3 Å². The molecular formula is C15H17F2NOS. The van der Waals surface area contributed by atoms with Gasteiger partial charge < -0.3 is 10.4 Å². The molecule has 2 nitrogen and oxygen atoms in total. The maximum Gasteiger partial charge on any atom is 0.187 e. The number of hydrogen-bond acceptors (Lipinski definition) is 3. The summed E-state index contributed by atoms with van der Waals surface area (Å²) in [5.41, 5.74) is 0.472. The van der Waals surface area contributed by atoms with E-state index < -0.39 is 17.4 Å². The van der Waals surface area contributed by atoms with Gasteiger partial charge in [-0.05, 0) is 35.1 Å². The third kappa shape index (κ3) is 3.35. The molecule has 5 heteroatoms. The topological polar surface area (TPSA) is 32.3 Å². The minimum atomic E-state index is -0.931. The van der Waals surface area contributed by atoms with Crippen LogP contribution in [0.15, 0.2) is 29.6 Å². The zero-order chi connectivity index (χ0) is 14.7. The summed E-state index contributed by atoms with van der Waals surface area (Å²) in [5.74, 6) is -2.43. The van der Waals surface area contributed by atoms with Crippen LogP contribution < -0.4 is 5.32 Å². The standard InChI is InChI=1S/C15H17F2NOS/c1-9(2)14(13-4-3-5-20-13)18-8-10-6-11(16)15(19)12(17)7-10/h3-7,9,14,18-19H,8H2,1-2H3. The van der Waals surface area contributed by atoms with Crippen molar-refractivity contribution in [3.63, 3.8) is 0 Å². The first kappa shape index (κ1) is 14.9. The Morgan fingerprint density at radius 2 is 1.90 bits per heavy atom. The number of halogens is 2. The Labute approximate surface area is 121 Å². The highest BCUT2D eigenvalue weighted by Crippen LogP contribution is 2.27. The predicted octanol–water partition coefficient (Wildman–Crippen LogP) is 4.22. The molecule has 0 fully saturated rings. The molecule has 0 saturated carbocycles. The molecule has 0 saturated heterocycles. The Kier molecular flexibility index (Phi) is 4.73. The van der Waals surface area contributed by atoms with Crippen molar-refractivity contribution < 1.29 is 13.9 Å². The van der Waals surface area contributed by atoms with Crippen LogP contribution in [-0.2, 0) is 6.54 Å². The molecule has 2 N–H and O–H groups in total. The van der Waals surface area contributed by atoms with E-state index in [0.717, 1.165) is 12.1 Å². The van der Waals surface area contributed by atoms with Crippen molar-refractivity contribution in [1.82, 2.24) is 5.32 Å². The van der Waals surface area contributed by atoms with E-state index in [4.69, 9.17) is 5.11 Å². The molecule has 0 aliphatic rings. The van der Waals surface area contributed by atoms with Gasteiger partial charge in [0.1, 0.15) is 0 Å². The van der Waals surface area contributed by atoms with E-state index in [9.17, 15) is 8.78 Å². The first-order valence-electron chi connectivity index (χ1n) is 6.42. The molecule has 1 unspecified atom stereocenters. The lowest BCUT2D eigenvalue weighted by Gasteiger charge is -2.21. The van der Waals surface area contributed by atoms with Crippen LogP contribution in [0.25, 0.3) is 0 Å². The van der Waals surface area contributed by atoms with Crippen LogP contribution in [0, 0.1) is 17.6 Å². The molecule has 2 aromatic rings. The van der Waals surface area contributed by atoms with Crippen molar-refractivity contribution in [1.29, 1.82) is 0 Å². The molecule has 0 aliphatic heterocycles. The van der Waals surface area contributed by atoms with Crippen molar-refractivity contribution in [3.05, 3.63) is 51.7 Å². The molecule has 0 amide bonds. The Hall–Kier alpha value is -1.46. The lowest BCUT2D eigenvalue weighted by molar-refractivity contribution is 0.391. The van der Waals surface area contributed by atoms with Crippen LogP contribution in [0.4, 0.5) is 8.78 Å². The summed E-state index contributed by atoms with van der Waals surface area (Å²) in [5, 5.41) is 14.4. The van der Waals surface area contributed by atoms with E-state index in [-0.39, 0.29) is 6.04 Å². The second-order valence-corrected chi connectivity index (χ2v) is 6.01. The highest BCUT2D eigenvalue weighted by atomic mass is 32.1. The Bertz CT molecular complexity index is 546. The summed E-state index contributed by atoms with van der Waals surface area (Å²) in [6.07, 6.45) is 0. The molecule has 0 spiro atoms. The van der Waals surface area contributed by atoms with Crippen molar-refractivity contribution in [3.8, 4) is 5.75 Å². The zero-order valence-electron chi connectivity index (χ0n) is 11.4. The van der Waals surface area contributed by atoms with Gasteiger partial charge in [-0.2, -0.15) is 0 Å². The highest BCUT2D eigenvalue weighted by molar-refractivity contribution is 7.10. The molecule has 1 aromatic carbocycles. The second kappa shape index (κ2) is 6.33. The quantitative estimate of drug-likeness (QED) is 0.866. The van der Waals surface area contributed by atoms with E-state index in [1.807, 2.05) is 17.5 Å². The minimum Gasteiger partial charge on any atom is -0.503 e. The molecular weight excluding hydrogens is 280 g/mol. The number of rotatable bonds is 5. The molecule has 0 radical (unpaired) electrons. The SMILES string of the molecule is CC(C)C(NCc1cc(F)c(O)c(F)c1)c1cccs1. The van der Waals surface area contributed by atoms with Crippen molar-refractivity contribution in [2.45, 2.75) is 26.4 Å². The van der Waals surface area contributed by atoms with Gasteiger partial charge in [0.25, 0.3) is 0 Å². The Morgan fingerprint density at radius 3 is 2.40 bits per heavy atom. The number of nitrogens with one attached hydrogen (secondary N) is 1. The Morgan fingerprint density at radius 1 is 1.25 bits per heavy atom.